The third kappa shape index (κ3) is 3.04. The van der Waals surface area contributed by atoms with Crippen molar-refractivity contribution in [2.24, 2.45) is 5.73 Å². The zero-order valence-corrected chi connectivity index (χ0v) is 10.7. The molecule has 4 N–H and O–H groups in total. The summed E-state index contributed by atoms with van der Waals surface area (Å²) in [6, 6.07) is 3.83. The van der Waals surface area contributed by atoms with Crippen molar-refractivity contribution in [3.8, 4) is 0 Å². The van der Waals surface area contributed by atoms with E-state index in [9.17, 15) is 13.2 Å². The fourth-order valence-corrected chi connectivity index (χ4v) is 2.20. The Morgan fingerprint density at radius 2 is 2.05 bits per heavy atom. The Morgan fingerprint density at radius 1 is 1.40 bits per heavy atom. The number of nitrogen functional groups attached to an aromatic ring is 1. The topological polar surface area (TPSA) is 73.3 Å². The highest BCUT2D eigenvalue weighted by Gasteiger charge is 2.35. The molecular formula is C13H16F3N3O. The van der Waals surface area contributed by atoms with Gasteiger partial charge in [-0.2, -0.15) is 13.2 Å². The Morgan fingerprint density at radius 3 is 2.50 bits per heavy atom. The standard InChI is InChI=1S/C13H16F3N3O/c14-13(15,16)11-4-3-9(7-10(11)12(17)18)19(5-6-20)8-1-2-8/h3-4,7-8,20H,1-2,5-6H2,(H3,17,18). The van der Waals surface area contributed by atoms with Gasteiger partial charge in [0, 0.05) is 23.8 Å². The van der Waals surface area contributed by atoms with Gasteiger partial charge in [0.15, 0.2) is 0 Å². The molecule has 0 aliphatic heterocycles. The van der Waals surface area contributed by atoms with Crippen LogP contribution in [0.15, 0.2) is 18.2 Å². The smallest absolute Gasteiger partial charge is 0.395 e. The van der Waals surface area contributed by atoms with Crippen LogP contribution < -0.4 is 10.6 Å². The van der Waals surface area contributed by atoms with Gasteiger partial charge in [0.2, 0.25) is 0 Å². The van der Waals surface area contributed by atoms with Gasteiger partial charge in [-0.05, 0) is 31.0 Å². The van der Waals surface area contributed by atoms with Gasteiger partial charge in [-0.3, -0.25) is 5.41 Å². The van der Waals surface area contributed by atoms with Crippen molar-refractivity contribution < 1.29 is 18.3 Å². The molecule has 1 fully saturated rings. The molecule has 0 radical (unpaired) electrons. The van der Waals surface area contributed by atoms with Crippen LogP contribution in [0, 0.1) is 5.41 Å². The number of nitrogens with zero attached hydrogens (tertiary/aromatic N) is 1. The average molecular weight is 287 g/mol. The number of rotatable bonds is 5. The summed E-state index contributed by atoms with van der Waals surface area (Å²) in [5, 5.41) is 16.4. The molecule has 110 valence electrons. The number of nitrogens with one attached hydrogen (secondary N) is 1. The first-order chi connectivity index (χ1) is 9.34. The lowest BCUT2D eigenvalue weighted by Gasteiger charge is -2.25. The minimum atomic E-state index is -4.54. The van der Waals surface area contributed by atoms with E-state index in [1.54, 1.807) is 0 Å². The van der Waals surface area contributed by atoms with Gasteiger partial charge in [-0.15, -0.1) is 0 Å². The second-order valence-electron chi connectivity index (χ2n) is 4.79. The van der Waals surface area contributed by atoms with Crippen LogP contribution in [-0.4, -0.2) is 30.1 Å². The third-order valence-corrected chi connectivity index (χ3v) is 3.26. The van der Waals surface area contributed by atoms with Crippen LogP contribution in [0.25, 0.3) is 0 Å². The number of alkyl halides is 3. The van der Waals surface area contributed by atoms with E-state index >= 15 is 0 Å². The summed E-state index contributed by atoms with van der Waals surface area (Å²) in [7, 11) is 0. The third-order valence-electron chi connectivity index (χ3n) is 3.26. The number of aliphatic hydroxyl groups is 1. The van der Waals surface area contributed by atoms with Crippen LogP contribution >= 0.6 is 0 Å². The fourth-order valence-electron chi connectivity index (χ4n) is 2.20. The van der Waals surface area contributed by atoms with Crippen molar-refractivity contribution in [1.29, 1.82) is 5.41 Å². The lowest BCUT2D eigenvalue weighted by atomic mass is 10.0. The van der Waals surface area contributed by atoms with Crippen molar-refractivity contribution >= 4 is 11.5 Å². The lowest BCUT2D eigenvalue weighted by molar-refractivity contribution is -0.137. The van der Waals surface area contributed by atoms with Crippen LogP contribution in [0.5, 0.6) is 0 Å². The molecular weight excluding hydrogens is 271 g/mol. The molecule has 1 aromatic rings. The normalized spacial score (nSPS) is 15.2. The molecule has 0 heterocycles. The van der Waals surface area contributed by atoms with E-state index in [0.29, 0.717) is 12.2 Å². The molecule has 0 atom stereocenters. The number of halogens is 3. The molecule has 0 saturated heterocycles. The molecule has 2 rings (SSSR count). The van der Waals surface area contributed by atoms with E-state index in [1.165, 1.54) is 12.1 Å². The number of nitrogens with two attached hydrogens (primary N) is 1. The summed E-state index contributed by atoms with van der Waals surface area (Å²) >= 11 is 0. The molecule has 1 aliphatic carbocycles. The van der Waals surface area contributed by atoms with Gasteiger partial charge in [-0.1, -0.05) is 0 Å². The largest absolute Gasteiger partial charge is 0.417 e. The molecule has 7 heteroatoms. The number of benzene rings is 1. The first-order valence-electron chi connectivity index (χ1n) is 6.27. The van der Waals surface area contributed by atoms with Crippen molar-refractivity contribution in [1.82, 2.24) is 0 Å². The van der Waals surface area contributed by atoms with E-state index in [-0.39, 0.29) is 18.2 Å². The van der Waals surface area contributed by atoms with E-state index in [2.05, 4.69) is 0 Å². The highest BCUT2D eigenvalue weighted by atomic mass is 19.4. The maximum Gasteiger partial charge on any atom is 0.417 e. The lowest BCUT2D eigenvalue weighted by Crippen LogP contribution is -2.29. The Balaban J connectivity index is 2.41. The molecule has 20 heavy (non-hydrogen) atoms. The minimum absolute atomic E-state index is 0.0765. The molecule has 0 aromatic heterocycles. The first-order valence-corrected chi connectivity index (χ1v) is 6.27. The second-order valence-corrected chi connectivity index (χ2v) is 4.79. The maximum atomic E-state index is 12.9. The SMILES string of the molecule is N=C(N)c1cc(N(CCO)C2CC2)ccc1C(F)(F)F. The van der Waals surface area contributed by atoms with Gasteiger partial charge < -0.3 is 15.7 Å². The Labute approximate surface area is 114 Å². The zero-order valence-electron chi connectivity index (χ0n) is 10.7. The number of hydrogen-bond acceptors (Lipinski definition) is 3. The molecule has 0 bridgehead atoms. The van der Waals surface area contributed by atoms with Gasteiger partial charge in [0.1, 0.15) is 5.84 Å². The maximum absolute atomic E-state index is 12.9. The van der Waals surface area contributed by atoms with Crippen molar-refractivity contribution in [3.63, 3.8) is 0 Å². The van der Waals surface area contributed by atoms with Crippen molar-refractivity contribution in [2.75, 3.05) is 18.1 Å². The van der Waals surface area contributed by atoms with Crippen molar-refractivity contribution in [3.05, 3.63) is 29.3 Å². The second kappa shape index (κ2) is 5.32. The summed E-state index contributed by atoms with van der Waals surface area (Å²) in [4.78, 5) is 1.85. The van der Waals surface area contributed by atoms with Gasteiger partial charge in [-0.25, -0.2) is 0 Å². The average Bonchev–Trinajstić information content (AvgIpc) is 3.18. The zero-order chi connectivity index (χ0) is 14.9. The molecule has 1 aliphatic rings. The fraction of sp³-hybridized carbons (Fsp3) is 0.462. The van der Waals surface area contributed by atoms with E-state index in [1.807, 2.05) is 4.90 Å². The van der Waals surface area contributed by atoms with E-state index in [4.69, 9.17) is 16.2 Å². The Bertz CT molecular complexity index is 512. The van der Waals surface area contributed by atoms with Crippen molar-refractivity contribution in [2.45, 2.75) is 25.1 Å². The predicted octanol–water partition coefficient (Wildman–Crippen LogP) is 1.95. The van der Waals surface area contributed by atoms with E-state index < -0.39 is 17.6 Å². The van der Waals surface area contributed by atoms with Crippen LogP contribution in [0.3, 0.4) is 0 Å². The molecule has 4 nitrogen and oxygen atoms in total. The summed E-state index contributed by atoms with van der Waals surface area (Å²) in [6.45, 7) is 0.278. The number of anilines is 1. The van der Waals surface area contributed by atoms with Crippen LogP contribution in [-0.2, 0) is 6.18 Å². The summed E-state index contributed by atoms with van der Waals surface area (Å²) in [5.74, 6) is -0.612. The Kier molecular flexibility index (Phi) is 3.89. The quantitative estimate of drug-likeness (QED) is 0.572. The highest BCUT2D eigenvalue weighted by molar-refractivity contribution is 5.97. The van der Waals surface area contributed by atoms with Gasteiger partial charge in [0.25, 0.3) is 0 Å². The first kappa shape index (κ1) is 14.6. The minimum Gasteiger partial charge on any atom is -0.395 e. The van der Waals surface area contributed by atoms with Crippen LogP contribution in [0.2, 0.25) is 0 Å². The molecule has 0 amide bonds. The molecule has 0 unspecified atom stereocenters. The van der Waals surface area contributed by atoms with Gasteiger partial charge >= 0.3 is 6.18 Å². The number of aliphatic hydroxyl groups excluding tert-OH is 1. The van der Waals surface area contributed by atoms with Crippen LogP contribution in [0.4, 0.5) is 18.9 Å². The molecule has 1 aromatic carbocycles. The monoisotopic (exact) mass is 287 g/mol. The number of hydrogen-bond donors (Lipinski definition) is 3. The molecule has 0 spiro atoms. The summed E-state index contributed by atoms with van der Waals surface area (Å²) in [5.41, 5.74) is 4.59. The summed E-state index contributed by atoms with van der Waals surface area (Å²) in [6.07, 6.45) is -2.63. The summed E-state index contributed by atoms with van der Waals surface area (Å²) < 4.78 is 38.6. The molecule has 1 saturated carbocycles. The number of amidine groups is 1. The van der Waals surface area contributed by atoms with Crippen LogP contribution in [0.1, 0.15) is 24.0 Å². The highest BCUT2D eigenvalue weighted by Crippen LogP contribution is 2.36. The van der Waals surface area contributed by atoms with E-state index in [0.717, 1.165) is 18.9 Å². The predicted molar refractivity (Wildman–Crippen MR) is 69.9 cm³/mol. The Hall–Kier alpha value is -1.76. The van der Waals surface area contributed by atoms with Gasteiger partial charge in [0.05, 0.1) is 12.2 Å².